The Kier molecular flexibility index (Phi) is 11.8. The number of hydrogen-bond acceptors (Lipinski definition) is 4. The zero-order valence-electron chi connectivity index (χ0n) is 21.8. The molecule has 0 unspecified atom stereocenters. The van der Waals surface area contributed by atoms with Gasteiger partial charge in [0.05, 0.1) is 12.1 Å². The highest BCUT2D eigenvalue weighted by Gasteiger charge is 2.18. The Labute approximate surface area is 205 Å². The number of aromatic nitrogens is 1. The molecule has 0 spiro atoms. The van der Waals surface area contributed by atoms with Crippen molar-refractivity contribution in [2.45, 2.75) is 92.5 Å². The Balaban J connectivity index is 2.28. The maximum absolute atomic E-state index is 13.2. The van der Waals surface area contributed by atoms with E-state index >= 15 is 0 Å². The van der Waals surface area contributed by atoms with Gasteiger partial charge in [0.1, 0.15) is 12.4 Å². The molecule has 188 valence electrons. The summed E-state index contributed by atoms with van der Waals surface area (Å²) >= 11 is 0. The number of ether oxygens (including phenoxy) is 2. The maximum atomic E-state index is 13.2. The largest absolute Gasteiger partial charge is 0.504 e. The van der Waals surface area contributed by atoms with Crippen molar-refractivity contribution in [3.63, 3.8) is 0 Å². The summed E-state index contributed by atoms with van der Waals surface area (Å²) in [5.41, 5.74) is 3.04. The first-order valence-corrected chi connectivity index (χ1v) is 12.8. The molecule has 5 heteroatoms. The van der Waals surface area contributed by atoms with Crippen LogP contribution in [0.25, 0.3) is 10.9 Å². The first-order valence-electron chi connectivity index (χ1n) is 12.8. The van der Waals surface area contributed by atoms with Crippen molar-refractivity contribution in [2.75, 3.05) is 13.2 Å². The molecule has 0 aliphatic carbocycles. The van der Waals surface area contributed by atoms with E-state index in [0.717, 1.165) is 51.4 Å². The molecule has 0 saturated heterocycles. The van der Waals surface area contributed by atoms with Gasteiger partial charge in [-0.05, 0) is 64.7 Å². The van der Waals surface area contributed by atoms with Crippen molar-refractivity contribution in [2.24, 2.45) is 0 Å². The zero-order chi connectivity index (χ0) is 24.9. The van der Waals surface area contributed by atoms with E-state index in [1.54, 1.807) is 4.57 Å². The average Bonchev–Trinajstić information content (AvgIpc) is 2.80. The molecule has 0 radical (unpaired) electrons. The van der Waals surface area contributed by atoms with Crippen LogP contribution in [0.1, 0.15) is 86.0 Å². The molecule has 0 aliphatic rings. The van der Waals surface area contributed by atoms with Crippen molar-refractivity contribution in [3.8, 4) is 17.2 Å². The number of fused-ring (bicyclic) bond motifs is 1. The molecule has 0 amide bonds. The summed E-state index contributed by atoms with van der Waals surface area (Å²) in [7, 11) is 0. The first kappa shape index (κ1) is 27.6. The summed E-state index contributed by atoms with van der Waals surface area (Å²) in [6, 6.07) is 5.52. The lowest BCUT2D eigenvalue weighted by atomic mass is 10.1. The third-order valence-corrected chi connectivity index (χ3v) is 5.92. The van der Waals surface area contributed by atoms with E-state index in [0.29, 0.717) is 36.4 Å². The van der Waals surface area contributed by atoms with Crippen molar-refractivity contribution in [1.29, 1.82) is 0 Å². The van der Waals surface area contributed by atoms with Gasteiger partial charge < -0.3 is 19.1 Å². The molecular weight excluding hydrogens is 426 g/mol. The molecule has 34 heavy (non-hydrogen) atoms. The highest BCUT2D eigenvalue weighted by molar-refractivity contribution is 5.88. The smallest absolute Gasteiger partial charge is 0.297 e. The molecule has 2 aromatic rings. The predicted molar refractivity (Wildman–Crippen MR) is 142 cm³/mol. The van der Waals surface area contributed by atoms with Gasteiger partial charge in [0.25, 0.3) is 5.56 Å². The van der Waals surface area contributed by atoms with E-state index in [1.807, 2.05) is 18.2 Å². The van der Waals surface area contributed by atoms with Gasteiger partial charge >= 0.3 is 0 Å². The molecule has 2 rings (SSSR count). The van der Waals surface area contributed by atoms with E-state index in [4.69, 9.17) is 9.47 Å². The van der Waals surface area contributed by atoms with Crippen LogP contribution in [0, 0.1) is 0 Å². The highest BCUT2D eigenvalue weighted by atomic mass is 16.5. The van der Waals surface area contributed by atoms with Crippen LogP contribution in [0.2, 0.25) is 0 Å². The molecule has 5 nitrogen and oxygen atoms in total. The number of aryl methyl sites for hydroxylation is 1. The topological polar surface area (TPSA) is 60.7 Å². The van der Waals surface area contributed by atoms with Gasteiger partial charge in [0.2, 0.25) is 5.75 Å². The van der Waals surface area contributed by atoms with Gasteiger partial charge in [-0.15, -0.1) is 0 Å². The molecule has 0 fully saturated rings. The van der Waals surface area contributed by atoms with Gasteiger partial charge in [-0.25, -0.2) is 0 Å². The Hall–Kier alpha value is -2.69. The molecule has 1 heterocycles. The van der Waals surface area contributed by atoms with Crippen LogP contribution in [-0.4, -0.2) is 22.9 Å². The van der Waals surface area contributed by atoms with Crippen LogP contribution in [0.5, 0.6) is 17.2 Å². The van der Waals surface area contributed by atoms with Crippen molar-refractivity contribution in [3.05, 3.63) is 51.9 Å². The second kappa shape index (κ2) is 14.5. The average molecular weight is 470 g/mol. The van der Waals surface area contributed by atoms with E-state index in [1.165, 1.54) is 11.1 Å². The summed E-state index contributed by atoms with van der Waals surface area (Å²) < 4.78 is 13.4. The van der Waals surface area contributed by atoms with E-state index in [2.05, 4.69) is 46.8 Å². The Bertz CT molecular complexity index is 1030. The van der Waals surface area contributed by atoms with E-state index in [-0.39, 0.29) is 17.1 Å². The standard InChI is InChI=1S/C29H43NO4/c1-6-8-10-11-18-30-26-21-24(33-20-17-23(5)14-12-13-22(3)4)15-16-25(26)27(31)28(29(30)32)34-19-9-7-2/h13,15-17,21,31H,6-12,14,18-20H2,1-5H3/b23-17+. The van der Waals surface area contributed by atoms with Crippen LogP contribution in [0.3, 0.4) is 0 Å². The summed E-state index contributed by atoms with van der Waals surface area (Å²) in [6.07, 6.45) is 12.4. The third kappa shape index (κ3) is 8.27. The molecule has 1 aromatic heterocycles. The van der Waals surface area contributed by atoms with Crippen molar-refractivity contribution >= 4 is 10.9 Å². The Morgan fingerprint density at radius 1 is 1.00 bits per heavy atom. The molecule has 1 aromatic carbocycles. The number of pyridine rings is 1. The van der Waals surface area contributed by atoms with Gasteiger partial charge in [-0.3, -0.25) is 4.79 Å². The first-order chi connectivity index (χ1) is 16.4. The van der Waals surface area contributed by atoms with Crippen LogP contribution in [-0.2, 0) is 6.54 Å². The second-order valence-electron chi connectivity index (χ2n) is 9.26. The van der Waals surface area contributed by atoms with E-state index < -0.39 is 0 Å². The minimum atomic E-state index is -0.273. The van der Waals surface area contributed by atoms with E-state index in [9.17, 15) is 9.90 Å². The molecule has 0 atom stereocenters. The summed E-state index contributed by atoms with van der Waals surface area (Å²) in [6.45, 7) is 12.1. The lowest BCUT2D eigenvalue weighted by Crippen LogP contribution is -2.23. The van der Waals surface area contributed by atoms with Crippen LogP contribution >= 0.6 is 0 Å². The Morgan fingerprint density at radius 3 is 2.47 bits per heavy atom. The minimum Gasteiger partial charge on any atom is -0.504 e. The minimum absolute atomic E-state index is 0.0556. The van der Waals surface area contributed by atoms with Gasteiger partial charge in [0.15, 0.2) is 5.75 Å². The highest BCUT2D eigenvalue weighted by Crippen LogP contribution is 2.33. The number of hydrogen-bond donors (Lipinski definition) is 1. The van der Waals surface area contributed by atoms with Crippen LogP contribution in [0.4, 0.5) is 0 Å². The molecule has 1 N–H and O–H groups in total. The summed E-state index contributed by atoms with van der Waals surface area (Å²) in [5, 5.41) is 11.4. The fourth-order valence-corrected chi connectivity index (χ4v) is 3.82. The zero-order valence-corrected chi connectivity index (χ0v) is 21.8. The molecule has 0 aliphatic heterocycles. The summed E-state index contributed by atoms with van der Waals surface area (Å²) in [5.74, 6) is 0.657. The number of nitrogens with zero attached hydrogens (tertiary/aromatic N) is 1. The number of benzene rings is 1. The SMILES string of the molecule is CCCCCCn1c(=O)c(OCCCC)c(O)c2ccc(OC/C=C(\C)CCC=C(C)C)cc21. The maximum Gasteiger partial charge on any atom is 0.297 e. The van der Waals surface area contributed by atoms with Crippen LogP contribution in [0.15, 0.2) is 46.3 Å². The quantitative estimate of drug-likeness (QED) is 0.216. The fraction of sp³-hybridized carbons (Fsp3) is 0.552. The van der Waals surface area contributed by atoms with Gasteiger partial charge in [-0.1, -0.05) is 56.8 Å². The number of rotatable bonds is 15. The molecule has 0 bridgehead atoms. The van der Waals surface area contributed by atoms with Gasteiger partial charge in [0, 0.05) is 18.0 Å². The monoisotopic (exact) mass is 469 g/mol. The normalized spacial score (nSPS) is 11.6. The number of unbranched alkanes of at least 4 members (excludes halogenated alkanes) is 4. The molecule has 0 saturated carbocycles. The predicted octanol–water partition coefficient (Wildman–Crippen LogP) is 7.54. The van der Waals surface area contributed by atoms with Crippen molar-refractivity contribution < 1.29 is 14.6 Å². The lowest BCUT2D eigenvalue weighted by Gasteiger charge is -2.16. The fourth-order valence-electron chi connectivity index (χ4n) is 3.82. The van der Waals surface area contributed by atoms with Crippen LogP contribution < -0.4 is 15.0 Å². The number of aromatic hydroxyl groups is 1. The Morgan fingerprint density at radius 2 is 1.76 bits per heavy atom. The second-order valence-corrected chi connectivity index (χ2v) is 9.26. The van der Waals surface area contributed by atoms with Gasteiger partial charge in [-0.2, -0.15) is 0 Å². The number of allylic oxidation sites excluding steroid dienone is 3. The summed E-state index contributed by atoms with van der Waals surface area (Å²) in [4.78, 5) is 13.2. The lowest BCUT2D eigenvalue weighted by molar-refractivity contribution is 0.287. The molecular formula is C29H43NO4. The van der Waals surface area contributed by atoms with Crippen molar-refractivity contribution in [1.82, 2.24) is 4.57 Å². The third-order valence-electron chi connectivity index (χ3n) is 5.92.